The van der Waals surface area contributed by atoms with E-state index in [-0.39, 0.29) is 24.1 Å². The fourth-order valence-corrected chi connectivity index (χ4v) is 3.45. The van der Waals surface area contributed by atoms with Gasteiger partial charge in [0.15, 0.2) is 5.82 Å². The summed E-state index contributed by atoms with van der Waals surface area (Å²) in [6.07, 6.45) is 5.29. The Morgan fingerprint density at radius 2 is 1.93 bits per heavy atom. The van der Waals surface area contributed by atoms with Gasteiger partial charge < -0.3 is 19.8 Å². The molecular formula is C20H21FN4O3. The molecule has 0 unspecified atom stereocenters. The average molecular weight is 384 g/mol. The molecule has 3 aromatic rings. The predicted molar refractivity (Wildman–Crippen MR) is 101 cm³/mol. The van der Waals surface area contributed by atoms with Gasteiger partial charge in [0, 0.05) is 23.0 Å². The highest BCUT2D eigenvalue weighted by atomic mass is 19.1. The van der Waals surface area contributed by atoms with Crippen LogP contribution in [0.25, 0.3) is 10.9 Å². The summed E-state index contributed by atoms with van der Waals surface area (Å²) in [7, 11) is 1.61. The molecule has 28 heavy (non-hydrogen) atoms. The van der Waals surface area contributed by atoms with E-state index in [2.05, 4.69) is 20.3 Å². The number of nitrogens with one attached hydrogen (secondary N) is 2. The standard InChI is InChI=1S/C20H21FN4O3/c1-27-16-5-2-12-8-18(25-17(12)9-16)19(26)24-14-3-6-15(7-4-14)28-20-22-10-13(21)11-23-20/h2,5,8-11,14-15,25H,3-4,6-7H2,1H3,(H,24,26). The number of methoxy groups -OCH3 is 1. The number of hydrogen-bond acceptors (Lipinski definition) is 5. The van der Waals surface area contributed by atoms with Crippen molar-refractivity contribution in [2.75, 3.05) is 7.11 Å². The van der Waals surface area contributed by atoms with Crippen molar-refractivity contribution in [3.05, 3.63) is 48.2 Å². The molecule has 0 spiro atoms. The third-order valence-electron chi connectivity index (χ3n) is 4.95. The zero-order valence-electron chi connectivity index (χ0n) is 15.4. The van der Waals surface area contributed by atoms with Crippen molar-refractivity contribution in [2.24, 2.45) is 0 Å². The number of aromatic nitrogens is 3. The van der Waals surface area contributed by atoms with Crippen molar-refractivity contribution in [3.63, 3.8) is 0 Å². The van der Waals surface area contributed by atoms with Gasteiger partial charge in [-0.05, 0) is 43.9 Å². The zero-order chi connectivity index (χ0) is 19.5. The van der Waals surface area contributed by atoms with Crippen molar-refractivity contribution in [1.82, 2.24) is 20.3 Å². The maximum Gasteiger partial charge on any atom is 0.316 e. The maximum absolute atomic E-state index is 12.9. The quantitative estimate of drug-likeness (QED) is 0.705. The zero-order valence-corrected chi connectivity index (χ0v) is 15.4. The number of hydrogen-bond donors (Lipinski definition) is 2. The second kappa shape index (κ2) is 7.84. The van der Waals surface area contributed by atoms with Gasteiger partial charge in [-0.1, -0.05) is 0 Å². The van der Waals surface area contributed by atoms with E-state index in [0.29, 0.717) is 5.69 Å². The number of fused-ring (bicyclic) bond motifs is 1. The number of H-pyrrole nitrogens is 1. The van der Waals surface area contributed by atoms with E-state index in [0.717, 1.165) is 54.7 Å². The van der Waals surface area contributed by atoms with Gasteiger partial charge in [0.2, 0.25) is 0 Å². The number of ether oxygens (including phenoxy) is 2. The van der Waals surface area contributed by atoms with Crippen molar-refractivity contribution in [1.29, 1.82) is 0 Å². The first-order valence-electron chi connectivity index (χ1n) is 9.22. The molecule has 0 aliphatic heterocycles. The highest BCUT2D eigenvalue weighted by Crippen LogP contribution is 2.24. The lowest BCUT2D eigenvalue weighted by Crippen LogP contribution is -2.39. The molecule has 1 saturated carbocycles. The van der Waals surface area contributed by atoms with Crippen LogP contribution in [0, 0.1) is 5.82 Å². The van der Waals surface area contributed by atoms with Crippen LogP contribution in [0.3, 0.4) is 0 Å². The first-order valence-corrected chi connectivity index (χ1v) is 9.22. The van der Waals surface area contributed by atoms with Crippen LogP contribution in [-0.4, -0.2) is 40.1 Å². The second-order valence-corrected chi connectivity index (χ2v) is 6.88. The Labute approximate surface area is 161 Å². The molecule has 1 fully saturated rings. The van der Waals surface area contributed by atoms with Crippen LogP contribution in [0.1, 0.15) is 36.2 Å². The van der Waals surface area contributed by atoms with E-state index < -0.39 is 5.82 Å². The summed E-state index contributed by atoms with van der Waals surface area (Å²) in [5, 5.41) is 4.04. The molecule has 0 bridgehead atoms. The molecule has 1 amide bonds. The van der Waals surface area contributed by atoms with Gasteiger partial charge in [-0.15, -0.1) is 0 Å². The number of rotatable bonds is 5. The Hall–Kier alpha value is -3.16. The Morgan fingerprint density at radius 1 is 1.18 bits per heavy atom. The van der Waals surface area contributed by atoms with Crippen LogP contribution >= 0.6 is 0 Å². The number of halogens is 1. The molecule has 8 heteroatoms. The van der Waals surface area contributed by atoms with E-state index in [1.165, 1.54) is 0 Å². The SMILES string of the molecule is COc1ccc2cc(C(=O)NC3CCC(Oc4ncc(F)cn4)CC3)[nH]c2c1. The number of carbonyl (C=O) groups excluding carboxylic acids is 1. The van der Waals surface area contributed by atoms with E-state index in [4.69, 9.17) is 9.47 Å². The normalized spacial score (nSPS) is 19.4. The lowest BCUT2D eigenvalue weighted by molar-refractivity contribution is 0.0881. The van der Waals surface area contributed by atoms with E-state index in [9.17, 15) is 9.18 Å². The molecule has 0 radical (unpaired) electrons. The average Bonchev–Trinajstić information content (AvgIpc) is 3.14. The lowest BCUT2D eigenvalue weighted by atomic mass is 9.93. The minimum Gasteiger partial charge on any atom is -0.497 e. The van der Waals surface area contributed by atoms with Gasteiger partial charge in [0.1, 0.15) is 17.5 Å². The summed E-state index contributed by atoms with van der Waals surface area (Å²) in [6.45, 7) is 0. The molecular weight excluding hydrogens is 363 g/mol. The first kappa shape index (κ1) is 18.2. The van der Waals surface area contributed by atoms with Gasteiger partial charge in [-0.2, -0.15) is 0 Å². The van der Waals surface area contributed by atoms with Crippen LogP contribution in [0.4, 0.5) is 4.39 Å². The van der Waals surface area contributed by atoms with Crippen LogP contribution in [0.2, 0.25) is 0 Å². The minimum absolute atomic E-state index is 0.0286. The predicted octanol–water partition coefficient (Wildman–Crippen LogP) is 3.23. The van der Waals surface area contributed by atoms with Crippen molar-refractivity contribution >= 4 is 16.8 Å². The van der Waals surface area contributed by atoms with Crippen molar-refractivity contribution in [2.45, 2.75) is 37.8 Å². The first-order chi connectivity index (χ1) is 13.6. The summed E-state index contributed by atoms with van der Waals surface area (Å²) >= 11 is 0. The van der Waals surface area contributed by atoms with Gasteiger partial charge in [-0.25, -0.2) is 14.4 Å². The molecule has 1 aliphatic carbocycles. The smallest absolute Gasteiger partial charge is 0.316 e. The fourth-order valence-electron chi connectivity index (χ4n) is 3.45. The van der Waals surface area contributed by atoms with Crippen molar-refractivity contribution < 1.29 is 18.7 Å². The minimum atomic E-state index is -0.491. The summed E-state index contributed by atoms with van der Waals surface area (Å²) in [6, 6.07) is 7.76. The van der Waals surface area contributed by atoms with E-state index in [1.54, 1.807) is 7.11 Å². The Bertz CT molecular complexity index is 965. The summed E-state index contributed by atoms with van der Waals surface area (Å²) < 4.78 is 23.8. The molecule has 2 N–H and O–H groups in total. The van der Waals surface area contributed by atoms with Crippen LogP contribution in [0.5, 0.6) is 11.8 Å². The van der Waals surface area contributed by atoms with Gasteiger partial charge in [-0.3, -0.25) is 4.79 Å². The highest BCUT2D eigenvalue weighted by molar-refractivity contribution is 5.98. The van der Waals surface area contributed by atoms with Gasteiger partial charge >= 0.3 is 6.01 Å². The number of carbonyl (C=O) groups is 1. The number of nitrogens with zero attached hydrogens (tertiary/aromatic N) is 2. The molecule has 7 nitrogen and oxygen atoms in total. The monoisotopic (exact) mass is 384 g/mol. The van der Waals surface area contributed by atoms with E-state index >= 15 is 0 Å². The molecule has 1 aromatic carbocycles. The van der Waals surface area contributed by atoms with Crippen molar-refractivity contribution in [3.8, 4) is 11.8 Å². The van der Waals surface area contributed by atoms with Gasteiger partial charge in [0.25, 0.3) is 5.91 Å². The summed E-state index contributed by atoms with van der Waals surface area (Å²) in [5.74, 6) is 0.125. The third kappa shape index (κ3) is 4.05. The number of benzene rings is 1. The Morgan fingerprint density at radius 3 is 2.64 bits per heavy atom. The molecule has 146 valence electrons. The summed E-state index contributed by atoms with van der Waals surface area (Å²) in [5.41, 5.74) is 1.39. The number of amides is 1. The molecule has 2 heterocycles. The third-order valence-corrected chi connectivity index (χ3v) is 4.95. The van der Waals surface area contributed by atoms with Gasteiger partial charge in [0.05, 0.1) is 19.5 Å². The molecule has 4 rings (SSSR count). The van der Waals surface area contributed by atoms with Crippen LogP contribution in [-0.2, 0) is 0 Å². The maximum atomic E-state index is 12.9. The second-order valence-electron chi connectivity index (χ2n) is 6.88. The molecule has 0 saturated heterocycles. The molecule has 0 atom stereocenters. The lowest BCUT2D eigenvalue weighted by Gasteiger charge is -2.28. The fraction of sp³-hybridized carbons (Fsp3) is 0.350. The van der Waals surface area contributed by atoms with Crippen LogP contribution in [0.15, 0.2) is 36.7 Å². The summed E-state index contributed by atoms with van der Waals surface area (Å²) in [4.78, 5) is 23.4. The Kier molecular flexibility index (Phi) is 5.10. The number of aromatic amines is 1. The molecule has 2 aromatic heterocycles. The van der Waals surface area contributed by atoms with E-state index in [1.807, 2.05) is 24.3 Å². The highest BCUT2D eigenvalue weighted by Gasteiger charge is 2.25. The molecule has 1 aliphatic rings. The Balaban J connectivity index is 1.31. The largest absolute Gasteiger partial charge is 0.497 e. The van der Waals surface area contributed by atoms with Crippen LogP contribution < -0.4 is 14.8 Å². The topological polar surface area (TPSA) is 89.1 Å².